The molecular weight excluding hydrogens is 374 g/mol. The summed E-state index contributed by atoms with van der Waals surface area (Å²) < 4.78 is 40.2. The molecule has 2 aliphatic rings. The average Bonchev–Trinajstić information content (AvgIpc) is 3.19. The molecule has 0 aromatic heterocycles. The molecule has 1 unspecified atom stereocenters. The van der Waals surface area contributed by atoms with Gasteiger partial charge < -0.3 is 24.4 Å². The molecule has 4 rings (SSSR count). The molecular formula is C19H16F2N2O5. The first-order valence-electron chi connectivity index (χ1n) is 8.50. The molecule has 146 valence electrons. The van der Waals surface area contributed by atoms with Crippen LogP contribution in [0.5, 0.6) is 17.2 Å². The Bertz CT molecular complexity index is 950. The van der Waals surface area contributed by atoms with Crippen LogP contribution in [0, 0.1) is 5.92 Å². The molecule has 1 atom stereocenters. The van der Waals surface area contributed by atoms with E-state index in [9.17, 15) is 18.4 Å². The van der Waals surface area contributed by atoms with Crippen LogP contribution in [0.4, 0.5) is 20.2 Å². The lowest BCUT2D eigenvalue weighted by molar-refractivity contribution is -0.286. The van der Waals surface area contributed by atoms with Crippen LogP contribution in [0.2, 0.25) is 0 Å². The van der Waals surface area contributed by atoms with Crippen molar-refractivity contribution >= 4 is 23.2 Å². The number of fused-ring (bicyclic) bond motifs is 1. The van der Waals surface area contributed by atoms with Crippen LogP contribution in [-0.2, 0) is 9.59 Å². The first kappa shape index (κ1) is 18.0. The lowest BCUT2D eigenvalue weighted by Gasteiger charge is -2.19. The number of methoxy groups -OCH3 is 1. The van der Waals surface area contributed by atoms with Gasteiger partial charge in [-0.05, 0) is 24.3 Å². The van der Waals surface area contributed by atoms with Crippen molar-refractivity contribution in [2.24, 2.45) is 5.92 Å². The number of hydrogen-bond acceptors (Lipinski definition) is 5. The van der Waals surface area contributed by atoms with Gasteiger partial charge >= 0.3 is 6.29 Å². The van der Waals surface area contributed by atoms with Crippen LogP contribution in [0.1, 0.15) is 6.42 Å². The number of carbonyl (C=O) groups excluding carboxylic acids is 2. The zero-order valence-electron chi connectivity index (χ0n) is 14.8. The van der Waals surface area contributed by atoms with E-state index in [0.717, 1.165) is 0 Å². The Morgan fingerprint density at radius 2 is 1.96 bits per heavy atom. The second-order valence-electron chi connectivity index (χ2n) is 6.40. The van der Waals surface area contributed by atoms with Gasteiger partial charge in [0.1, 0.15) is 5.75 Å². The zero-order chi connectivity index (χ0) is 19.9. The molecule has 2 heterocycles. The Balaban J connectivity index is 1.46. The number of benzene rings is 2. The van der Waals surface area contributed by atoms with Crippen molar-refractivity contribution in [2.75, 3.05) is 23.9 Å². The summed E-state index contributed by atoms with van der Waals surface area (Å²) in [6.07, 6.45) is -3.69. The summed E-state index contributed by atoms with van der Waals surface area (Å²) >= 11 is 0. The third-order valence-electron chi connectivity index (χ3n) is 4.54. The Kier molecular flexibility index (Phi) is 4.29. The van der Waals surface area contributed by atoms with E-state index in [1.807, 2.05) is 0 Å². The van der Waals surface area contributed by atoms with E-state index in [0.29, 0.717) is 11.4 Å². The number of nitrogens with one attached hydrogen (secondary N) is 1. The monoisotopic (exact) mass is 390 g/mol. The Hall–Kier alpha value is -3.36. The quantitative estimate of drug-likeness (QED) is 0.869. The molecule has 0 spiro atoms. The van der Waals surface area contributed by atoms with Crippen LogP contribution in [-0.4, -0.2) is 31.8 Å². The first-order valence-corrected chi connectivity index (χ1v) is 8.50. The molecule has 1 fully saturated rings. The Morgan fingerprint density at radius 1 is 1.21 bits per heavy atom. The zero-order valence-corrected chi connectivity index (χ0v) is 14.8. The molecule has 2 aromatic carbocycles. The maximum Gasteiger partial charge on any atom is 0.586 e. The number of rotatable bonds is 4. The largest absolute Gasteiger partial charge is 0.586 e. The number of amides is 2. The summed E-state index contributed by atoms with van der Waals surface area (Å²) in [6.45, 7) is 0.188. The standard InChI is InChI=1S/C19H16F2N2O5/c1-26-14-5-3-2-4-13(14)23-10-11(8-17(23)24)18(25)22-12-6-7-15-16(9-12)28-19(20,21)27-15/h2-7,9,11H,8,10H2,1H3,(H,22,25). The molecule has 1 N–H and O–H groups in total. The summed E-state index contributed by atoms with van der Waals surface area (Å²) in [4.78, 5) is 26.5. The van der Waals surface area contributed by atoms with Crippen molar-refractivity contribution in [3.63, 3.8) is 0 Å². The van der Waals surface area contributed by atoms with Gasteiger partial charge in [-0.3, -0.25) is 9.59 Å². The van der Waals surface area contributed by atoms with E-state index in [4.69, 9.17) is 4.74 Å². The van der Waals surface area contributed by atoms with Gasteiger partial charge in [0, 0.05) is 24.7 Å². The summed E-state index contributed by atoms with van der Waals surface area (Å²) in [5, 5.41) is 2.63. The highest BCUT2D eigenvalue weighted by atomic mass is 19.3. The van der Waals surface area contributed by atoms with Gasteiger partial charge in [0.25, 0.3) is 0 Å². The Labute approximate surface area is 158 Å². The molecule has 9 heteroatoms. The van der Waals surface area contributed by atoms with E-state index in [2.05, 4.69) is 14.8 Å². The number of ether oxygens (including phenoxy) is 3. The van der Waals surface area contributed by atoms with Crippen molar-refractivity contribution in [1.29, 1.82) is 0 Å². The van der Waals surface area contributed by atoms with Crippen LogP contribution in [0.25, 0.3) is 0 Å². The van der Waals surface area contributed by atoms with Gasteiger partial charge in [0.05, 0.1) is 18.7 Å². The van der Waals surface area contributed by atoms with Crippen LogP contribution in [0.15, 0.2) is 42.5 Å². The smallest absolute Gasteiger partial charge is 0.495 e. The van der Waals surface area contributed by atoms with Crippen molar-refractivity contribution in [3.05, 3.63) is 42.5 Å². The number of carbonyl (C=O) groups is 2. The fourth-order valence-corrected chi connectivity index (χ4v) is 3.24. The van der Waals surface area contributed by atoms with E-state index >= 15 is 0 Å². The SMILES string of the molecule is COc1ccccc1N1CC(C(=O)Nc2ccc3c(c2)OC(F)(F)O3)CC1=O. The summed E-state index contributed by atoms with van der Waals surface area (Å²) in [5.41, 5.74) is 0.865. The highest BCUT2D eigenvalue weighted by Gasteiger charge is 2.43. The number of nitrogens with zero attached hydrogens (tertiary/aromatic N) is 1. The predicted molar refractivity (Wildman–Crippen MR) is 94.7 cm³/mol. The number of hydrogen-bond donors (Lipinski definition) is 1. The van der Waals surface area contributed by atoms with Crippen molar-refractivity contribution < 1.29 is 32.6 Å². The molecule has 28 heavy (non-hydrogen) atoms. The Morgan fingerprint density at radius 3 is 2.75 bits per heavy atom. The lowest BCUT2D eigenvalue weighted by atomic mass is 10.1. The molecule has 1 saturated heterocycles. The molecule has 2 aliphatic heterocycles. The molecule has 0 radical (unpaired) electrons. The fraction of sp³-hybridized carbons (Fsp3) is 0.263. The van der Waals surface area contributed by atoms with Crippen molar-refractivity contribution in [2.45, 2.75) is 12.7 Å². The minimum Gasteiger partial charge on any atom is -0.495 e. The number of anilines is 2. The molecule has 2 amide bonds. The van der Waals surface area contributed by atoms with Crippen molar-refractivity contribution in [1.82, 2.24) is 0 Å². The highest BCUT2D eigenvalue weighted by molar-refractivity contribution is 6.04. The topological polar surface area (TPSA) is 77.1 Å². The minimum absolute atomic E-state index is 0.0342. The summed E-state index contributed by atoms with van der Waals surface area (Å²) in [6, 6.07) is 11.0. The summed E-state index contributed by atoms with van der Waals surface area (Å²) in [7, 11) is 1.51. The third-order valence-corrected chi connectivity index (χ3v) is 4.54. The maximum atomic E-state index is 13.1. The lowest BCUT2D eigenvalue weighted by Crippen LogP contribution is -2.28. The third kappa shape index (κ3) is 3.30. The number of halogens is 2. The molecule has 0 bridgehead atoms. The van der Waals surface area contributed by atoms with Crippen LogP contribution < -0.4 is 24.4 Å². The van der Waals surface area contributed by atoms with Crippen LogP contribution in [0.3, 0.4) is 0 Å². The van der Waals surface area contributed by atoms with Gasteiger partial charge in [0.2, 0.25) is 11.8 Å². The molecule has 7 nitrogen and oxygen atoms in total. The fourth-order valence-electron chi connectivity index (χ4n) is 3.24. The minimum atomic E-state index is -3.72. The molecule has 0 saturated carbocycles. The predicted octanol–water partition coefficient (Wildman–Crippen LogP) is 3.01. The first-order chi connectivity index (χ1) is 13.4. The average molecular weight is 390 g/mol. The normalized spacial score (nSPS) is 19.6. The van der Waals surface area contributed by atoms with E-state index in [1.54, 1.807) is 24.3 Å². The van der Waals surface area contributed by atoms with Gasteiger partial charge in [-0.1, -0.05) is 12.1 Å². The van der Waals surface area contributed by atoms with Crippen LogP contribution >= 0.6 is 0 Å². The maximum absolute atomic E-state index is 13.1. The second-order valence-corrected chi connectivity index (χ2v) is 6.40. The molecule has 0 aliphatic carbocycles. The van der Waals surface area contributed by atoms with E-state index in [-0.39, 0.29) is 36.1 Å². The number of para-hydroxylation sites is 2. The highest BCUT2D eigenvalue weighted by Crippen LogP contribution is 2.42. The van der Waals surface area contributed by atoms with Crippen molar-refractivity contribution in [3.8, 4) is 17.2 Å². The second kappa shape index (κ2) is 6.66. The van der Waals surface area contributed by atoms with E-state index in [1.165, 1.54) is 30.2 Å². The van der Waals surface area contributed by atoms with Gasteiger partial charge in [-0.2, -0.15) is 0 Å². The summed E-state index contributed by atoms with van der Waals surface area (Å²) in [5.74, 6) is -0.924. The van der Waals surface area contributed by atoms with Gasteiger partial charge in [-0.15, -0.1) is 8.78 Å². The number of alkyl halides is 2. The van der Waals surface area contributed by atoms with E-state index < -0.39 is 18.1 Å². The van der Waals surface area contributed by atoms with Gasteiger partial charge in [-0.25, -0.2) is 0 Å². The molecule has 2 aromatic rings. The van der Waals surface area contributed by atoms with Gasteiger partial charge in [0.15, 0.2) is 11.5 Å².